The van der Waals surface area contributed by atoms with E-state index < -0.39 is 0 Å². The van der Waals surface area contributed by atoms with Gasteiger partial charge in [-0.25, -0.2) is 9.78 Å². The fourth-order valence-electron chi connectivity index (χ4n) is 2.79. The molecule has 1 atom stereocenters. The minimum atomic E-state index is -0.0834. The van der Waals surface area contributed by atoms with E-state index in [1.54, 1.807) is 12.3 Å². The molecule has 1 fully saturated rings. The van der Waals surface area contributed by atoms with Gasteiger partial charge in [-0.2, -0.15) is 0 Å². The molecule has 2 aromatic rings. The molecule has 0 saturated carbocycles. The molecule has 0 radical (unpaired) electrons. The third-order valence-corrected chi connectivity index (χ3v) is 4.24. The molecule has 1 saturated heterocycles. The molecular formula is C17H21N5O. The van der Waals surface area contributed by atoms with Gasteiger partial charge in [0.05, 0.1) is 0 Å². The quantitative estimate of drug-likeness (QED) is 0.945. The van der Waals surface area contributed by atoms with E-state index in [1.165, 1.54) is 5.56 Å². The van der Waals surface area contributed by atoms with E-state index in [1.807, 2.05) is 41.6 Å². The van der Waals surface area contributed by atoms with E-state index in [0.717, 1.165) is 13.1 Å². The number of piperazine rings is 1. The van der Waals surface area contributed by atoms with Gasteiger partial charge < -0.3 is 4.90 Å². The Labute approximate surface area is 136 Å². The summed E-state index contributed by atoms with van der Waals surface area (Å²) in [5.74, 6) is 0.588. The van der Waals surface area contributed by atoms with Crippen molar-refractivity contribution in [3.8, 4) is 0 Å². The molecule has 0 aromatic carbocycles. The van der Waals surface area contributed by atoms with Gasteiger partial charge in [-0.15, -0.1) is 0 Å². The van der Waals surface area contributed by atoms with Crippen LogP contribution in [0, 0.1) is 0 Å². The number of carbonyl (C=O) groups excluding carboxylic acids is 1. The predicted molar refractivity (Wildman–Crippen MR) is 89.1 cm³/mol. The maximum atomic E-state index is 12.3. The van der Waals surface area contributed by atoms with Crippen molar-refractivity contribution < 1.29 is 4.79 Å². The second-order valence-electron chi connectivity index (χ2n) is 5.62. The predicted octanol–water partition coefficient (Wildman–Crippen LogP) is 2.39. The lowest BCUT2D eigenvalue weighted by molar-refractivity contribution is 0.119. The van der Waals surface area contributed by atoms with Crippen molar-refractivity contribution in [2.75, 3.05) is 31.5 Å². The van der Waals surface area contributed by atoms with Crippen LogP contribution in [0.4, 0.5) is 10.6 Å². The van der Waals surface area contributed by atoms with Crippen LogP contribution < -0.4 is 5.32 Å². The molecule has 3 heterocycles. The molecule has 0 spiro atoms. The fraction of sp³-hybridized carbons (Fsp3) is 0.353. The lowest BCUT2D eigenvalue weighted by Crippen LogP contribution is -2.50. The zero-order chi connectivity index (χ0) is 16.1. The number of urea groups is 1. The summed E-state index contributed by atoms with van der Waals surface area (Å²) < 4.78 is 0. The van der Waals surface area contributed by atoms with Gasteiger partial charge in [0.2, 0.25) is 0 Å². The van der Waals surface area contributed by atoms with Gasteiger partial charge in [-0.1, -0.05) is 6.07 Å². The number of carbonyl (C=O) groups is 1. The van der Waals surface area contributed by atoms with E-state index in [0.29, 0.717) is 24.9 Å². The van der Waals surface area contributed by atoms with Crippen LogP contribution in [0.15, 0.2) is 48.9 Å². The second kappa shape index (κ2) is 7.19. The van der Waals surface area contributed by atoms with Crippen molar-refractivity contribution >= 4 is 11.8 Å². The molecule has 6 heteroatoms. The Morgan fingerprint density at radius 2 is 1.83 bits per heavy atom. The zero-order valence-corrected chi connectivity index (χ0v) is 13.2. The molecule has 1 aliphatic heterocycles. The zero-order valence-electron chi connectivity index (χ0n) is 13.2. The van der Waals surface area contributed by atoms with Crippen molar-refractivity contribution in [3.63, 3.8) is 0 Å². The number of nitrogens with one attached hydrogen (secondary N) is 1. The summed E-state index contributed by atoms with van der Waals surface area (Å²) in [6.45, 7) is 5.35. The molecule has 3 rings (SSSR count). The van der Waals surface area contributed by atoms with Crippen LogP contribution in [0.2, 0.25) is 0 Å². The lowest BCUT2D eigenvalue weighted by Gasteiger charge is -2.38. The number of nitrogens with zero attached hydrogens (tertiary/aromatic N) is 4. The molecule has 0 bridgehead atoms. The largest absolute Gasteiger partial charge is 0.323 e. The molecule has 2 aromatic heterocycles. The third-order valence-electron chi connectivity index (χ3n) is 4.24. The number of hydrogen-bond acceptors (Lipinski definition) is 4. The topological polar surface area (TPSA) is 61.4 Å². The summed E-state index contributed by atoms with van der Waals surface area (Å²) in [7, 11) is 0. The highest BCUT2D eigenvalue weighted by atomic mass is 16.2. The first-order valence-electron chi connectivity index (χ1n) is 7.85. The Morgan fingerprint density at radius 3 is 2.48 bits per heavy atom. The number of rotatable bonds is 3. The summed E-state index contributed by atoms with van der Waals surface area (Å²) in [4.78, 5) is 24.7. The maximum Gasteiger partial charge on any atom is 0.323 e. The molecule has 1 N–H and O–H groups in total. The van der Waals surface area contributed by atoms with Crippen LogP contribution in [0.1, 0.15) is 18.5 Å². The first-order valence-corrected chi connectivity index (χ1v) is 7.85. The van der Waals surface area contributed by atoms with Gasteiger partial charge in [-0.3, -0.25) is 15.2 Å². The van der Waals surface area contributed by atoms with Crippen molar-refractivity contribution in [2.24, 2.45) is 0 Å². The second-order valence-corrected chi connectivity index (χ2v) is 5.62. The SMILES string of the molecule is CC(c1ccncc1)N1CCN(C(=O)Nc2ccccn2)CC1. The highest BCUT2D eigenvalue weighted by molar-refractivity contribution is 5.88. The van der Waals surface area contributed by atoms with Crippen LogP contribution >= 0.6 is 0 Å². The molecule has 0 aliphatic carbocycles. The number of hydrogen-bond donors (Lipinski definition) is 1. The van der Waals surface area contributed by atoms with E-state index in [9.17, 15) is 4.79 Å². The maximum absolute atomic E-state index is 12.3. The number of anilines is 1. The molecule has 1 unspecified atom stereocenters. The minimum Gasteiger partial charge on any atom is -0.322 e. The van der Waals surface area contributed by atoms with E-state index >= 15 is 0 Å². The van der Waals surface area contributed by atoms with Crippen LogP contribution in [0.25, 0.3) is 0 Å². The standard InChI is InChI=1S/C17H21N5O/c1-14(15-5-8-18-9-6-15)21-10-12-22(13-11-21)17(23)20-16-4-2-3-7-19-16/h2-9,14H,10-13H2,1H3,(H,19,20,23). The van der Waals surface area contributed by atoms with Crippen LogP contribution in [-0.2, 0) is 0 Å². The summed E-state index contributed by atoms with van der Waals surface area (Å²) in [6.07, 6.45) is 5.31. The molecule has 6 nitrogen and oxygen atoms in total. The monoisotopic (exact) mass is 311 g/mol. The summed E-state index contributed by atoms with van der Waals surface area (Å²) >= 11 is 0. The lowest BCUT2D eigenvalue weighted by atomic mass is 10.1. The van der Waals surface area contributed by atoms with Crippen molar-refractivity contribution in [1.29, 1.82) is 0 Å². The summed E-state index contributed by atoms with van der Waals surface area (Å²) in [6, 6.07) is 9.82. The first-order chi connectivity index (χ1) is 11.2. The Morgan fingerprint density at radius 1 is 1.09 bits per heavy atom. The Balaban J connectivity index is 1.53. The van der Waals surface area contributed by atoms with E-state index in [2.05, 4.69) is 27.1 Å². The van der Waals surface area contributed by atoms with Gasteiger partial charge in [0.25, 0.3) is 0 Å². The number of aromatic nitrogens is 2. The van der Waals surface area contributed by atoms with E-state index in [-0.39, 0.29) is 6.03 Å². The van der Waals surface area contributed by atoms with Gasteiger partial charge in [0, 0.05) is 50.8 Å². The molecular weight excluding hydrogens is 290 g/mol. The first kappa shape index (κ1) is 15.4. The van der Waals surface area contributed by atoms with Crippen molar-refractivity contribution in [2.45, 2.75) is 13.0 Å². The van der Waals surface area contributed by atoms with Crippen molar-refractivity contribution in [1.82, 2.24) is 19.8 Å². The molecule has 1 aliphatic rings. The van der Waals surface area contributed by atoms with E-state index in [4.69, 9.17) is 0 Å². The normalized spacial score (nSPS) is 16.8. The molecule has 120 valence electrons. The minimum absolute atomic E-state index is 0.0834. The number of amides is 2. The average Bonchev–Trinajstić information content (AvgIpc) is 2.63. The average molecular weight is 311 g/mol. The van der Waals surface area contributed by atoms with Crippen LogP contribution in [0.5, 0.6) is 0 Å². The van der Waals surface area contributed by atoms with Crippen LogP contribution in [-0.4, -0.2) is 52.0 Å². The summed E-state index contributed by atoms with van der Waals surface area (Å²) in [5.41, 5.74) is 1.26. The Bertz CT molecular complexity index is 626. The fourth-order valence-corrected chi connectivity index (χ4v) is 2.79. The highest BCUT2D eigenvalue weighted by Gasteiger charge is 2.24. The highest BCUT2D eigenvalue weighted by Crippen LogP contribution is 2.21. The Kier molecular flexibility index (Phi) is 4.83. The van der Waals surface area contributed by atoms with Gasteiger partial charge >= 0.3 is 6.03 Å². The molecule has 2 amide bonds. The number of pyridine rings is 2. The van der Waals surface area contributed by atoms with Crippen molar-refractivity contribution in [3.05, 3.63) is 54.5 Å². The summed E-state index contributed by atoms with van der Waals surface area (Å²) in [5, 5.41) is 2.84. The Hall–Kier alpha value is -2.47. The third kappa shape index (κ3) is 3.84. The smallest absolute Gasteiger partial charge is 0.322 e. The van der Waals surface area contributed by atoms with Gasteiger partial charge in [-0.05, 0) is 36.8 Å². The van der Waals surface area contributed by atoms with Crippen LogP contribution in [0.3, 0.4) is 0 Å². The molecule has 23 heavy (non-hydrogen) atoms. The van der Waals surface area contributed by atoms with Gasteiger partial charge in [0.15, 0.2) is 0 Å². The van der Waals surface area contributed by atoms with Gasteiger partial charge in [0.1, 0.15) is 5.82 Å².